The third-order valence-corrected chi connectivity index (χ3v) is 7.68. The Bertz CT molecular complexity index is 1020. The van der Waals surface area contributed by atoms with Gasteiger partial charge in [-0.2, -0.15) is 4.31 Å². The molecule has 162 valence electrons. The van der Waals surface area contributed by atoms with Crippen molar-refractivity contribution >= 4 is 33.2 Å². The SMILES string of the molecule is CCOc1ccc(NC(=O)C2CC2c2ccccc2Cl)cc1S(=O)(=O)N(CC)CC. The summed E-state index contributed by atoms with van der Waals surface area (Å²) in [4.78, 5) is 12.8. The van der Waals surface area contributed by atoms with Gasteiger partial charge in [-0.15, -0.1) is 0 Å². The fourth-order valence-corrected chi connectivity index (χ4v) is 5.49. The van der Waals surface area contributed by atoms with Gasteiger partial charge in [-0.05, 0) is 49.1 Å². The molecule has 1 aliphatic carbocycles. The second-order valence-corrected chi connectivity index (χ2v) is 9.46. The van der Waals surface area contributed by atoms with Crippen molar-refractivity contribution in [2.45, 2.75) is 38.0 Å². The van der Waals surface area contributed by atoms with Crippen molar-refractivity contribution in [3.8, 4) is 5.75 Å². The quantitative estimate of drug-likeness (QED) is 0.609. The predicted octanol–water partition coefficient (Wildman–Crippen LogP) is 4.51. The number of nitrogens with zero attached hydrogens (tertiary/aromatic N) is 1. The number of carbonyl (C=O) groups excluding carboxylic acids is 1. The average molecular weight is 451 g/mol. The maximum Gasteiger partial charge on any atom is 0.246 e. The Kier molecular flexibility index (Phi) is 7.06. The van der Waals surface area contributed by atoms with Crippen molar-refractivity contribution in [1.29, 1.82) is 0 Å². The Labute approximate surface area is 183 Å². The summed E-state index contributed by atoms with van der Waals surface area (Å²) in [5, 5.41) is 3.52. The van der Waals surface area contributed by atoms with Crippen molar-refractivity contribution in [2.24, 2.45) is 5.92 Å². The lowest BCUT2D eigenvalue weighted by Crippen LogP contribution is -2.31. The van der Waals surface area contributed by atoms with E-state index in [9.17, 15) is 13.2 Å². The molecule has 3 rings (SSSR count). The Hall–Kier alpha value is -2.09. The molecule has 1 aliphatic rings. The van der Waals surface area contributed by atoms with E-state index < -0.39 is 10.0 Å². The molecule has 0 aromatic heterocycles. The molecule has 1 N–H and O–H groups in total. The lowest BCUT2D eigenvalue weighted by atomic mass is 10.1. The van der Waals surface area contributed by atoms with Crippen LogP contribution in [0.1, 0.15) is 38.7 Å². The zero-order valence-electron chi connectivity index (χ0n) is 17.4. The molecule has 30 heavy (non-hydrogen) atoms. The Balaban J connectivity index is 1.82. The van der Waals surface area contributed by atoms with E-state index in [4.69, 9.17) is 16.3 Å². The number of anilines is 1. The summed E-state index contributed by atoms with van der Waals surface area (Å²) in [5.41, 5.74) is 1.40. The van der Waals surface area contributed by atoms with E-state index in [1.54, 1.807) is 32.9 Å². The predicted molar refractivity (Wildman–Crippen MR) is 119 cm³/mol. The van der Waals surface area contributed by atoms with Crippen LogP contribution in [-0.4, -0.2) is 38.3 Å². The van der Waals surface area contributed by atoms with Gasteiger partial charge < -0.3 is 10.1 Å². The van der Waals surface area contributed by atoms with Gasteiger partial charge in [0.2, 0.25) is 15.9 Å². The average Bonchev–Trinajstić information content (AvgIpc) is 3.51. The number of hydrogen-bond donors (Lipinski definition) is 1. The van der Waals surface area contributed by atoms with Gasteiger partial charge in [-0.25, -0.2) is 8.42 Å². The van der Waals surface area contributed by atoms with E-state index in [2.05, 4.69) is 5.32 Å². The Morgan fingerprint density at radius 2 is 1.87 bits per heavy atom. The number of hydrogen-bond acceptors (Lipinski definition) is 4. The molecule has 0 saturated heterocycles. The van der Waals surface area contributed by atoms with Crippen LogP contribution in [0.15, 0.2) is 47.4 Å². The molecule has 0 radical (unpaired) electrons. The third kappa shape index (κ3) is 4.63. The number of benzene rings is 2. The first-order valence-corrected chi connectivity index (χ1v) is 12.0. The van der Waals surface area contributed by atoms with Gasteiger partial charge in [0.1, 0.15) is 10.6 Å². The van der Waals surface area contributed by atoms with Gasteiger partial charge >= 0.3 is 0 Å². The molecule has 6 nitrogen and oxygen atoms in total. The summed E-state index contributed by atoms with van der Waals surface area (Å²) >= 11 is 6.25. The molecule has 0 bridgehead atoms. The van der Waals surface area contributed by atoms with E-state index >= 15 is 0 Å². The lowest BCUT2D eigenvalue weighted by Gasteiger charge is -2.21. The minimum Gasteiger partial charge on any atom is -0.492 e. The maximum absolute atomic E-state index is 13.1. The van der Waals surface area contributed by atoms with Gasteiger partial charge in [0.05, 0.1) is 6.61 Å². The zero-order chi connectivity index (χ0) is 21.9. The van der Waals surface area contributed by atoms with Crippen LogP contribution >= 0.6 is 11.6 Å². The Morgan fingerprint density at radius 3 is 2.50 bits per heavy atom. The van der Waals surface area contributed by atoms with E-state index in [1.165, 1.54) is 10.4 Å². The normalized spacial score (nSPS) is 18.3. The van der Waals surface area contributed by atoms with Crippen LogP contribution in [0.25, 0.3) is 0 Å². The first kappa shape index (κ1) is 22.6. The first-order chi connectivity index (χ1) is 14.3. The largest absolute Gasteiger partial charge is 0.492 e. The number of nitrogens with one attached hydrogen (secondary N) is 1. The van der Waals surface area contributed by atoms with Crippen LogP contribution in [0.2, 0.25) is 5.02 Å². The molecule has 0 aliphatic heterocycles. The van der Waals surface area contributed by atoms with Crippen LogP contribution in [0.3, 0.4) is 0 Å². The third-order valence-electron chi connectivity index (χ3n) is 5.27. The van der Waals surface area contributed by atoms with Crippen molar-refractivity contribution in [3.63, 3.8) is 0 Å². The van der Waals surface area contributed by atoms with Crippen molar-refractivity contribution in [3.05, 3.63) is 53.1 Å². The summed E-state index contributed by atoms with van der Waals surface area (Å²) in [5.74, 6) is 0.0395. The van der Waals surface area contributed by atoms with Crippen molar-refractivity contribution in [1.82, 2.24) is 4.31 Å². The van der Waals surface area contributed by atoms with Gasteiger partial charge in [-0.1, -0.05) is 43.6 Å². The van der Waals surface area contributed by atoms with Crippen LogP contribution in [0, 0.1) is 5.92 Å². The number of halogens is 1. The highest BCUT2D eigenvalue weighted by Gasteiger charge is 2.44. The highest BCUT2D eigenvalue weighted by Crippen LogP contribution is 2.50. The standard InChI is InChI=1S/C22H27ClN2O4S/c1-4-25(5-2)30(27,28)21-13-15(11-12-20(21)29-6-3)24-22(26)18-14-17(18)16-9-7-8-10-19(16)23/h7-13,17-18H,4-6,14H2,1-3H3,(H,24,26). The summed E-state index contributed by atoms with van der Waals surface area (Å²) < 4.78 is 33.0. The first-order valence-electron chi connectivity index (χ1n) is 10.2. The number of rotatable bonds is 9. The van der Waals surface area contributed by atoms with E-state index in [-0.39, 0.29) is 28.4 Å². The molecular formula is C22H27ClN2O4S. The highest BCUT2D eigenvalue weighted by molar-refractivity contribution is 7.89. The topological polar surface area (TPSA) is 75.7 Å². The summed E-state index contributed by atoms with van der Waals surface area (Å²) in [6.07, 6.45) is 0.719. The van der Waals surface area contributed by atoms with E-state index in [0.717, 1.165) is 12.0 Å². The van der Waals surface area contributed by atoms with Crippen LogP contribution in [0.4, 0.5) is 5.69 Å². The minimum absolute atomic E-state index is 0.0595. The number of sulfonamides is 1. The molecule has 1 fully saturated rings. The van der Waals surface area contributed by atoms with Crippen LogP contribution < -0.4 is 10.1 Å². The lowest BCUT2D eigenvalue weighted by molar-refractivity contribution is -0.117. The van der Waals surface area contributed by atoms with E-state index in [1.807, 2.05) is 24.3 Å². The van der Waals surface area contributed by atoms with Crippen LogP contribution in [-0.2, 0) is 14.8 Å². The van der Waals surface area contributed by atoms with Crippen LogP contribution in [0.5, 0.6) is 5.75 Å². The molecule has 2 unspecified atom stereocenters. The molecule has 1 amide bonds. The molecule has 2 aromatic rings. The number of carbonyl (C=O) groups is 1. The highest BCUT2D eigenvalue weighted by atomic mass is 35.5. The monoisotopic (exact) mass is 450 g/mol. The van der Waals surface area contributed by atoms with Crippen molar-refractivity contribution in [2.75, 3.05) is 25.0 Å². The number of ether oxygens (including phenoxy) is 1. The maximum atomic E-state index is 13.1. The molecule has 1 saturated carbocycles. The van der Waals surface area contributed by atoms with Gasteiger partial charge in [-0.3, -0.25) is 4.79 Å². The van der Waals surface area contributed by atoms with Gasteiger partial charge in [0, 0.05) is 29.7 Å². The van der Waals surface area contributed by atoms with Gasteiger partial charge in [0.25, 0.3) is 0 Å². The molecule has 0 heterocycles. The molecular weight excluding hydrogens is 424 g/mol. The fourth-order valence-electron chi connectivity index (χ4n) is 3.60. The smallest absolute Gasteiger partial charge is 0.246 e. The number of amides is 1. The molecule has 0 spiro atoms. The minimum atomic E-state index is -3.74. The Morgan fingerprint density at radius 1 is 1.17 bits per heavy atom. The fraction of sp³-hybridized carbons (Fsp3) is 0.409. The summed E-state index contributed by atoms with van der Waals surface area (Å²) in [6.45, 7) is 6.41. The molecule has 8 heteroatoms. The second kappa shape index (κ2) is 9.37. The van der Waals surface area contributed by atoms with Gasteiger partial charge in [0.15, 0.2) is 0 Å². The second-order valence-electron chi connectivity index (χ2n) is 7.14. The molecule has 2 atom stereocenters. The van der Waals surface area contributed by atoms with Crippen molar-refractivity contribution < 1.29 is 17.9 Å². The van der Waals surface area contributed by atoms with E-state index in [0.29, 0.717) is 30.4 Å². The zero-order valence-corrected chi connectivity index (χ0v) is 19.0. The molecule has 2 aromatic carbocycles. The summed E-state index contributed by atoms with van der Waals surface area (Å²) in [6, 6.07) is 12.3. The summed E-state index contributed by atoms with van der Waals surface area (Å²) in [7, 11) is -3.74.